The number of piperazine rings is 1. The van der Waals surface area contributed by atoms with Crippen LogP contribution in [0.2, 0.25) is 0 Å². The molecule has 7 aliphatic rings. The fourth-order valence-electron chi connectivity index (χ4n) is 8.82. The predicted octanol–water partition coefficient (Wildman–Crippen LogP) is 2.32. The minimum Gasteiger partial charge on any atom is -0.480 e. The van der Waals surface area contributed by atoms with Crippen LogP contribution in [0, 0.1) is 11.3 Å². The summed E-state index contributed by atoms with van der Waals surface area (Å²) in [6.45, 7) is 9.91. The quantitative estimate of drug-likeness (QED) is 0.558. The molecule has 2 bridgehead atoms. The van der Waals surface area contributed by atoms with Gasteiger partial charge in [0.1, 0.15) is 11.1 Å². The van der Waals surface area contributed by atoms with E-state index in [1.165, 1.54) is 0 Å². The molecule has 1 aromatic rings. The van der Waals surface area contributed by atoms with E-state index < -0.39 is 33.1 Å². The maximum Gasteiger partial charge on any atom is 0.252 e. The lowest BCUT2D eigenvalue weighted by Crippen LogP contribution is -2.84. The summed E-state index contributed by atoms with van der Waals surface area (Å²) in [6, 6.07) is 3.73. The second-order valence-corrected chi connectivity index (χ2v) is 13.1. The van der Waals surface area contributed by atoms with Crippen molar-refractivity contribution in [2.24, 2.45) is 11.3 Å². The number of anilines is 1. The largest absolute Gasteiger partial charge is 0.480 e. The molecule has 0 unspecified atom stereocenters. The highest BCUT2D eigenvalue weighted by Crippen LogP contribution is 2.73. The molecule has 3 amide bonds. The molecule has 5 fully saturated rings. The number of hydrogen-bond acceptors (Lipinski definition) is 6. The molecular weight excluding hydrogens is 474 g/mol. The Kier molecular flexibility index (Phi) is 3.83. The molecule has 0 radical (unpaired) electrons. The lowest BCUT2D eigenvalue weighted by atomic mass is 9.55. The summed E-state index contributed by atoms with van der Waals surface area (Å²) in [6.07, 6.45) is 4.24. The maximum absolute atomic E-state index is 14.3. The van der Waals surface area contributed by atoms with E-state index in [1.54, 1.807) is 30.0 Å². The summed E-state index contributed by atoms with van der Waals surface area (Å²) < 4.78 is 12.1. The molecule has 1 aromatic carbocycles. The smallest absolute Gasteiger partial charge is 0.252 e. The maximum atomic E-state index is 14.3. The minimum atomic E-state index is -1.34. The topological polar surface area (TPSA) is 108 Å². The van der Waals surface area contributed by atoms with Crippen molar-refractivity contribution in [1.82, 2.24) is 9.80 Å². The number of likely N-dealkylation sites (N-methyl/N-ethyl adjacent to an activating group) is 1. The Labute approximate surface area is 215 Å². The summed E-state index contributed by atoms with van der Waals surface area (Å²) in [5.74, 6) is 0.0364. The summed E-state index contributed by atoms with van der Waals surface area (Å²) >= 11 is 0. The lowest BCUT2D eigenvalue weighted by molar-refractivity contribution is -0.210. The van der Waals surface area contributed by atoms with E-state index in [2.05, 4.69) is 5.32 Å². The summed E-state index contributed by atoms with van der Waals surface area (Å²) in [7, 11) is 1.67. The lowest BCUT2D eigenvalue weighted by Gasteiger charge is -2.64. The number of carbonyl (C=O) groups excluding carboxylic acids is 3. The molecule has 1 saturated carbocycles. The number of benzene rings is 1. The Balaban J connectivity index is 1.45. The Bertz CT molecular complexity index is 1360. The SMILES string of the molecule is CN1C(=O)[C@@]23C[C@H]4C(C)(C)[C@@]5(C[C@@]41C(=O)N2CC[C@@]3(C)O)C(=O)Nc1c5ccc2c1OC=CC(C)(C)O2. The number of nitrogens with zero attached hydrogens (tertiary/aromatic N) is 2. The van der Waals surface area contributed by atoms with Crippen LogP contribution >= 0.6 is 0 Å². The second-order valence-electron chi connectivity index (χ2n) is 13.1. The zero-order valence-electron chi connectivity index (χ0n) is 22.1. The highest BCUT2D eigenvalue weighted by atomic mass is 16.5. The average molecular weight is 508 g/mol. The van der Waals surface area contributed by atoms with Gasteiger partial charge in [-0.05, 0) is 63.2 Å². The van der Waals surface area contributed by atoms with Gasteiger partial charge in [-0.3, -0.25) is 14.4 Å². The normalized spacial score (nSPS) is 41.6. The van der Waals surface area contributed by atoms with Crippen LogP contribution in [0.1, 0.15) is 59.4 Å². The third-order valence-electron chi connectivity index (χ3n) is 10.9. The number of carbonyl (C=O) groups is 3. The number of ether oxygens (including phenoxy) is 2. The molecule has 37 heavy (non-hydrogen) atoms. The number of nitrogens with one attached hydrogen (secondary N) is 1. The van der Waals surface area contributed by atoms with Crippen LogP contribution in [0.4, 0.5) is 5.69 Å². The summed E-state index contributed by atoms with van der Waals surface area (Å²) in [5.41, 5.74) is -4.92. The molecule has 196 valence electrons. The van der Waals surface area contributed by atoms with Gasteiger partial charge in [0.2, 0.25) is 11.8 Å². The predicted molar refractivity (Wildman–Crippen MR) is 133 cm³/mol. The van der Waals surface area contributed by atoms with E-state index in [1.807, 2.05) is 45.9 Å². The second kappa shape index (κ2) is 6.14. The molecule has 0 aromatic heterocycles. The van der Waals surface area contributed by atoms with Gasteiger partial charge in [-0.2, -0.15) is 0 Å². The summed E-state index contributed by atoms with van der Waals surface area (Å²) in [4.78, 5) is 45.6. The van der Waals surface area contributed by atoms with Gasteiger partial charge in [-0.25, -0.2) is 0 Å². The van der Waals surface area contributed by atoms with Crippen LogP contribution in [-0.4, -0.2) is 68.5 Å². The Morgan fingerprint density at radius 1 is 1.08 bits per heavy atom. The van der Waals surface area contributed by atoms with Crippen LogP contribution in [0.25, 0.3) is 0 Å². The third kappa shape index (κ3) is 2.15. The first-order valence-electron chi connectivity index (χ1n) is 13.0. The van der Waals surface area contributed by atoms with Gasteiger partial charge >= 0.3 is 0 Å². The first-order chi connectivity index (χ1) is 17.2. The Morgan fingerprint density at radius 3 is 2.54 bits per heavy atom. The van der Waals surface area contributed by atoms with Crippen molar-refractivity contribution >= 4 is 23.4 Å². The van der Waals surface area contributed by atoms with Crippen molar-refractivity contribution in [3.63, 3.8) is 0 Å². The highest BCUT2D eigenvalue weighted by Gasteiger charge is 2.85. The van der Waals surface area contributed by atoms with E-state index in [0.29, 0.717) is 36.6 Å². The summed E-state index contributed by atoms with van der Waals surface area (Å²) in [5, 5.41) is 14.6. The molecule has 2 N–H and O–H groups in total. The Hall–Kier alpha value is -3.07. The van der Waals surface area contributed by atoms with Crippen molar-refractivity contribution in [2.75, 3.05) is 18.9 Å². The van der Waals surface area contributed by atoms with E-state index in [-0.39, 0.29) is 30.1 Å². The number of aliphatic hydroxyl groups is 1. The molecule has 4 saturated heterocycles. The Morgan fingerprint density at radius 2 is 1.81 bits per heavy atom. The molecule has 6 heterocycles. The van der Waals surface area contributed by atoms with E-state index in [0.717, 1.165) is 5.56 Å². The number of hydrogen-bond donors (Lipinski definition) is 2. The van der Waals surface area contributed by atoms with Gasteiger partial charge in [-0.15, -0.1) is 0 Å². The molecule has 9 heteroatoms. The van der Waals surface area contributed by atoms with E-state index in [9.17, 15) is 19.5 Å². The van der Waals surface area contributed by atoms with Crippen LogP contribution in [0.15, 0.2) is 24.5 Å². The van der Waals surface area contributed by atoms with Crippen LogP contribution in [0.5, 0.6) is 11.5 Å². The van der Waals surface area contributed by atoms with Gasteiger partial charge in [0.25, 0.3) is 5.91 Å². The zero-order chi connectivity index (χ0) is 26.6. The van der Waals surface area contributed by atoms with Gasteiger partial charge in [0.05, 0.1) is 23.0 Å². The van der Waals surface area contributed by atoms with Crippen molar-refractivity contribution < 1.29 is 29.0 Å². The van der Waals surface area contributed by atoms with E-state index in [4.69, 9.17) is 9.47 Å². The van der Waals surface area contributed by atoms with Crippen molar-refractivity contribution in [3.8, 4) is 11.5 Å². The number of amides is 3. The first-order valence-corrected chi connectivity index (χ1v) is 13.0. The van der Waals surface area contributed by atoms with Gasteiger partial charge in [0.15, 0.2) is 17.0 Å². The third-order valence-corrected chi connectivity index (χ3v) is 10.9. The van der Waals surface area contributed by atoms with Crippen molar-refractivity contribution in [3.05, 3.63) is 30.0 Å². The number of piperidine rings is 2. The fraction of sp³-hybridized carbons (Fsp3) is 0.607. The molecule has 9 nitrogen and oxygen atoms in total. The number of fused-ring (bicyclic) bond motifs is 5. The van der Waals surface area contributed by atoms with Gasteiger partial charge in [0, 0.05) is 19.5 Å². The monoisotopic (exact) mass is 507 g/mol. The van der Waals surface area contributed by atoms with E-state index >= 15 is 0 Å². The first kappa shape index (κ1) is 23.1. The molecule has 8 rings (SSSR count). The molecule has 5 atom stereocenters. The molecular formula is C28H33N3O6. The molecule has 6 aliphatic heterocycles. The van der Waals surface area contributed by atoms with Gasteiger partial charge < -0.3 is 29.7 Å². The average Bonchev–Trinajstić information content (AvgIpc) is 3.28. The standard InChI is InChI=1S/C28H33N3O6/c1-23(2)10-12-36-19-16(37-23)8-7-15-18(19)29-20(32)26(15)14-27-17(24(26,3)4)13-28(22(34)30(27)6)25(5,35)9-11-31(28)21(27)33/h7-8,10,12,17,35H,9,11,13-14H2,1-6H3,(H,29,32)/t17-,25+,26+,27-,28+/m0/s1. The minimum absolute atomic E-state index is 0.158. The van der Waals surface area contributed by atoms with Crippen molar-refractivity contribution in [2.45, 2.75) is 81.6 Å². The van der Waals surface area contributed by atoms with Crippen LogP contribution in [-0.2, 0) is 19.8 Å². The highest BCUT2D eigenvalue weighted by molar-refractivity contribution is 6.12. The van der Waals surface area contributed by atoms with Crippen molar-refractivity contribution in [1.29, 1.82) is 0 Å². The number of rotatable bonds is 0. The zero-order valence-corrected chi connectivity index (χ0v) is 22.1. The molecule has 3 spiro atoms. The van der Waals surface area contributed by atoms with Crippen LogP contribution in [0.3, 0.4) is 0 Å². The van der Waals surface area contributed by atoms with Gasteiger partial charge in [-0.1, -0.05) is 19.9 Å². The fourth-order valence-corrected chi connectivity index (χ4v) is 8.82. The van der Waals surface area contributed by atoms with Crippen LogP contribution < -0.4 is 14.8 Å². The molecule has 1 aliphatic carbocycles.